The van der Waals surface area contributed by atoms with E-state index in [1.165, 1.54) is 20.0 Å². The summed E-state index contributed by atoms with van der Waals surface area (Å²) in [4.78, 5) is 26.0. The molecule has 1 saturated heterocycles. The first-order chi connectivity index (χ1) is 11.5. The van der Waals surface area contributed by atoms with E-state index in [-0.39, 0.29) is 6.03 Å². The van der Waals surface area contributed by atoms with Gasteiger partial charge in [-0.2, -0.15) is 0 Å². The van der Waals surface area contributed by atoms with Crippen molar-refractivity contribution in [3.63, 3.8) is 0 Å². The van der Waals surface area contributed by atoms with Crippen molar-refractivity contribution in [3.8, 4) is 0 Å². The van der Waals surface area contributed by atoms with Crippen LogP contribution in [0, 0.1) is 5.92 Å². The number of nitrogens with one attached hydrogen (secondary N) is 2. The molecule has 1 aromatic carbocycles. The zero-order valence-electron chi connectivity index (χ0n) is 14.7. The van der Waals surface area contributed by atoms with Gasteiger partial charge in [0.2, 0.25) is 0 Å². The number of esters is 1. The molecule has 1 fully saturated rings. The van der Waals surface area contributed by atoms with Crippen LogP contribution in [0.1, 0.15) is 37.0 Å². The van der Waals surface area contributed by atoms with Crippen LogP contribution in [-0.2, 0) is 4.74 Å². The van der Waals surface area contributed by atoms with E-state index < -0.39 is 5.97 Å². The Kier molecular flexibility index (Phi) is 6.61. The van der Waals surface area contributed by atoms with Crippen molar-refractivity contribution in [1.82, 2.24) is 10.2 Å². The van der Waals surface area contributed by atoms with Gasteiger partial charge in [0.25, 0.3) is 0 Å². The SMILES string of the molecule is COC(=O)c1cccc(NC(=O)NCC(C)N2CCCC(C)C2)c1. The van der Waals surface area contributed by atoms with Gasteiger partial charge in [-0.1, -0.05) is 13.0 Å². The quantitative estimate of drug-likeness (QED) is 0.813. The number of carbonyl (C=O) groups is 2. The summed E-state index contributed by atoms with van der Waals surface area (Å²) in [6, 6.07) is 6.73. The van der Waals surface area contributed by atoms with Crippen LogP contribution >= 0.6 is 0 Å². The predicted molar refractivity (Wildman–Crippen MR) is 94.2 cm³/mol. The van der Waals surface area contributed by atoms with E-state index in [0.29, 0.717) is 23.8 Å². The lowest BCUT2D eigenvalue weighted by Crippen LogP contribution is -2.47. The van der Waals surface area contributed by atoms with E-state index in [0.717, 1.165) is 19.0 Å². The Balaban J connectivity index is 1.81. The Bertz CT molecular complexity index is 576. The standard InChI is InChI=1S/C18H27N3O3/c1-13-6-5-9-21(12-13)14(2)11-19-18(23)20-16-8-4-7-15(10-16)17(22)24-3/h4,7-8,10,13-14H,5-6,9,11-12H2,1-3H3,(H2,19,20,23). The summed E-state index contributed by atoms with van der Waals surface area (Å²) in [5.74, 6) is 0.294. The minimum absolute atomic E-state index is 0.270. The number of likely N-dealkylation sites (tertiary alicyclic amines) is 1. The molecule has 0 aliphatic carbocycles. The Morgan fingerprint density at radius 1 is 1.42 bits per heavy atom. The third-order valence-corrected chi connectivity index (χ3v) is 4.41. The molecule has 1 heterocycles. The minimum atomic E-state index is -0.424. The number of rotatable bonds is 5. The molecular formula is C18H27N3O3. The number of carbonyl (C=O) groups excluding carboxylic acids is 2. The number of anilines is 1. The summed E-state index contributed by atoms with van der Waals surface area (Å²) in [6.07, 6.45) is 2.51. The highest BCUT2D eigenvalue weighted by atomic mass is 16.5. The van der Waals surface area contributed by atoms with E-state index in [1.807, 2.05) is 0 Å². The van der Waals surface area contributed by atoms with Crippen molar-refractivity contribution in [2.75, 3.05) is 32.1 Å². The van der Waals surface area contributed by atoms with E-state index in [4.69, 9.17) is 0 Å². The normalized spacial score (nSPS) is 19.4. The maximum absolute atomic E-state index is 12.1. The molecule has 2 unspecified atom stereocenters. The van der Waals surface area contributed by atoms with Crippen molar-refractivity contribution < 1.29 is 14.3 Å². The highest BCUT2D eigenvalue weighted by Crippen LogP contribution is 2.17. The fraction of sp³-hybridized carbons (Fsp3) is 0.556. The second-order valence-corrected chi connectivity index (χ2v) is 6.50. The average molecular weight is 333 g/mol. The monoisotopic (exact) mass is 333 g/mol. The number of nitrogens with zero attached hydrogens (tertiary/aromatic N) is 1. The number of ether oxygens (including phenoxy) is 1. The van der Waals surface area contributed by atoms with Crippen LogP contribution in [0.15, 0.2) is 24.3 Å². The van der Waals surface area contributed by atoms with E-state index in [2.05, 4.69) is 34.1 Å². The minimum Gasteiger partial charge on any atom is -0.465 e. The molecule has 6 heteroatoms. The van der Waals surface area contributed by atoms with Crippen LogP contribution in [0.3, 0.4) is 0 Å². The van der Waals surface area contributed by atoms with Gasteiger partial charge in [-0.3, -0.25) is 4.90 Å². The van der Waals surface area contributed by atoms with E-state index >= 15 is 0 Å². The molecular weight excluding hydrogens is 306 g/mol. The van der Waals surface area contributed by atoms with Gasteiger partial charge in [0.05, 0.1) is 12.7 Å². The Hall–Kier alpha value is -2.08. The molecule has 0 spiro atoms. The summed E-state index contributed by atoms with van der Waals surface area (Å²) in [7, 11) is 1.33. The largest absolute Gasteiger partial charge is 0.465 e. The van der Waals surface area contributed by atoms with E-state index in [1.54, 1.807) is 24.3 Å². The molecule has 1 aliphatic rings. The maximum Gasteiger partial charge on any atom is 0.337 e. The van der Waals surface area contributed by atoms with Crippen molar-refractivity contribution in [3.05, 3.63) is 29.8 Å². The van der Waals surface area contributed by atoms with Crippen LogP contribution in [0.5, 0.6) is 0 Å². The topological polar surface area (TPSA) is 70.7 Å². The summed E-state index contributed by atoms with van der Waals surface area (Å²) in [6.45, 7) is 7.18. The molecule has 0 saturated carbocycles. The number of piperidine rings is 1. The number of urea groups is 1. The lowest BCUT2D eigenvalue weighted by Gasteiger charge is -2.35. The smallest absolute Gasteiger partial charge is 0.337 e. The highest BCUT2D eigenvalue weighted by molar-refractivity contribution is 5.93. The molecule has 6 nitrogen and oxygen atoms in total. The van der Waals surface area contributed by atoms with Crippen molar-refractivity contribution >= 4 is 17.7 Å². The number of amides is 2. The number of benzene rings is 1. The van der Waals surface area contributed by atoms with Crippen LogP contribution in [-0.4, -0.2) is 49.7 Å². The second kappa shape index (κ2) is 8.68. The molecule has 24 heavy (non-hydrogen) atoms. The van der Waals surface area contributed by atoms with E-state index in [9.17, 15) is 9.59 Å². The molecule has 132 valence electrons. The zero-order chi connectivity index (χ0) is 17.5. The second-order valence-electron chi connectivity index (χ2n) is 6.50. The van der Waals surface area contributed by atoms with Crippen molar-refractivity contribution in [1.29, 1.82) is 0 Å². The number of hydrogen-bond donors (Lipinski definition) is 2. The lowest BCUT2D eigenvalue weighted by molar-refractivity contribution is 0.0600. The molecule has 2 amide bonds. The van der Waals surface area contributed by atoms with Crippen molar-refractivity contribution in [2.45, 2.75) is 32.7 Å². The van der Waals surface area contributed by atoms with Gasteiger partial charge >= 0.3 is 12.0 Å². The molecule has 2 rings (SSSR count). The average Bonchev–Trinajstić information content (AvgIpc) is 2.59. The Morgan fingerprint density at radius 3 is 2.92 bits per heavy atom. The molecule has 1 aromatic rings. The molecule has 0 aromatic heterocycles. The summed E-state index contributed by atoms with van der Waals surface area (Å²) in [5.41, 5.74) is 0.973. The van der Waals surface area contributed by atoms with Gasteiger partial charge in [0.1, 0.15) is 0 Å². The first kappa shape index (κ1) is 18.3. The lowest BCUT2D eigenvalue weighted by atomic mass is 9.99. The molecule has 0 radical (unpaired) electrons. The summed E-state index contributed by atoms with van der Waals surface area (Å²) >= 11 is 0. The predicted octanol–water partition coefficient (Wildman–Crippen LogP) is 2.72. The molecule has 2 N–H and O–H groups in total. The first-order valence-electron chi connectivity index (χ1n) is 8.47. The number of hydrogen-bond acceptors (Lipinski definition) is 4. The third kappa shape index (κ3) is 5.23. The maximum atomic E-state index is 12.1. The van der Waals surface area contributed by atoms with Crippen molar-refractivity contribution in [2.24, 2.45) is 5.92 Å². The zero-order valence-corrected chi connectivity index (χ0v) is 14.7. The summed E-state index contributed by atoms with van der Waals surface area (Å²) in [5, 5.41) is 5.65. The Labute approximate surface area is 143 Å². The van der Waals surface area contributed by atoms with Crippen LogP contribution in [0.25, 0.3) is 0 Å². The van der Waals surface area contributed by atoms with Gasteiger partial charge < -0.3 is 15.4 Å². The van der Waals surface area contributed by atoms with Gasteiger partial charge in [0, 0.05) is 24.8 Å². The molecule has 0 bridgehead atoms. The third-order valence-electron chi connectivity index (χ3n) is 4.41. The van der Waals surface area contributed by atoms with Crippen LogP contribution in [0.2, 0.25) is 0 Å². The first-order valence-corrected chi connectivity index (χ1v) is 8.47. The Morgan fingerprint density at radius 2 is 2.21 bits per heavy atom. The number of methoxy groups -OCH3 is 1. The van der Waals surface area contributed by atoms with Gasteiger partial charge in [-0.05, 0) is 50.4 Å². The van der Waals surface area contributed by atoms with Crippen LogP contribution in [0.4, 0.5) is 10.5 Å². The van der Waals surface area contributed by atoms with Gasteiger partial charge in [0.15, 0.2) is 0 Å². The fourth-order valence-electron chi connectivity index (χ4n) is 3.01. The van der Waals surface area contributed by atoms with Gasteiger partial charge in [-0.25, -0.2) is 9.59 Å². The fourth-order valence-corrected chi connectivity index (χ4v) is 3.01. The summed E-state index contributed by atoms with van der Waals surface area (Å²) < 4.78 is 4.68. The molecule has 1 aliphatic heterocycles. The van der Waals surface area contributed by atoms with Gasteiger partial charge in [-0.15, -0.1) is 0 Å². The highest BCUT2D eigenvalue weighted by Gasteiger charge is 2.21. The molecule has 2 atom stereocenters. The van der Waals surface area contributed by atoms with Crippen LogP contribution < -0.4 is 10.6 Å².